The smallest absolute Gasteiger partial charge is 0.240 e. The highest BCUT2D eigenvalue weighted by molar-refractivity contribution is 6.30. The first-order chi connectivity index (χ1) is 8.61. The van der Waals surface area contributed by atoms with Crippen molar-refractivity contribution in [3.05, 3.63) is 34.9 Å². The van der Waals surface area contributed by atoms with Crippen LogP contribution in [0, 0.1) is 0 Å². The Balaban J connectivity index is 0.00000180. The minimum absolute atomic E-state index is 0. The third-order valence-corrected chi connectivity index (χ3v) is 3.55. The largest absolute Gasteiger partial charge is 0.334 e. The lowest BCUT2D eigenvalue weighted by molar-refractivity contribution is -0.133. The predicted octanol–water partition coefficient (Wildman–Crippen LogP) is 2.99. The van der Waals surface area contributed by atoms with E-state index in [4.69, 9.17) is 17.3 Å². The topological polar surface area (TPSA) is 46.3 Å². The van der Waals surface area contributed by atoms with Crippen molar-refractivity contribution in [1.29, 1.82) is 0 Å². The quantitative estimate of drug-likeness (QED) is 0.909. The van der Waals surface area contributed by atoms with Gasteiger partial charge in [-0.2, -0.15) is 0 Å². The summed E-state index contributed by atoms with van der Waals surface area (Å²) in [5.41, 5.74) is 6.95. The zero-order chi connectivity index (χ0) is 13.1. The van der Waals surface area contributed by atoms with Crippen molar-refractivity contribution in [3.8, 4) is 0 Å². The molecule has 0 bridgehead atoms. The van der Waals surface area contributed by atoms with Crippen molar-refractivity contribution < 1.29 is 4.79 Å². The van der Waals surface area contributed by atoms with Crippen molar-refractivity contribution in [1.82, 2.24) is 4.90 Å². The van der Waals surface area contributed by atoms with Crippen LogP contribution in [0.5, 0.6) is 0 Å². The molecule has 1 fully saturated rings. The maximum absolute atomic E-state index is 12.2. The highest BCUT2D eigenvalue weighted by Crippen LogP contribution is 2.29. The van der Waals surface area contributed by atoms with Crippen molar-refractivity contribution in [2.75, 3.05) is 0 Å². The SMILES string of the molecule is CC[C@H](N)C(=O)N(Cc1ccc(Cl)cc1)C1CC1.Cl. The number of amides is 1. The van der Waals surface area contributed by atoms with Gasteiger partial charge in [0.05, 0.1) is 6.04 Å². The van der Waals surface area contributed by atoms with E-state index in [1.807, 2.05) is 36.1 Å². The second-order valence-electron chi connectivity index (χ2n) is 4.84. The zero-order valence-corrected chi connectivity index (χ0v) is 12.6. The highest BCUT2D eigenvalue weighted by Gasteiger charge is 2.34. The summed E-state index contributed by atoms with van der Waals surface area (Å²) in [6.07, 6.45) is 2.87. The van der Waals surface area contributed by atoms with E-state index in [-0.39, 0.29) is 24.4 Å². The minimum atomic E-state index is -0.377. The van der Waals surface area contributed by atoms with Crippen LogP contribution in [0.1, 0.15) is 31.7 Å². The molecular weight excluding hydrogens is 283 g/mol. The Kier molecular flexibility index (Phi) is 6.11. The van der Waals surface area contributed by atoms with E-state index in [1.54, 1.807) is 0 Å². The average molecular weight is 303 g/mol. The number of nitrogens with zero attached hydrogens (tertiary/aromatic N) is 1. The molecule has 1 saturated carbocycles. The molecule has 1 aromatic carbocycles. The van der Waals surface area contributed by atoms with Crippen LogP contribution in [0.25, 0.3) is 0 Å². The molecule has 0 aromatic heterocycles. The van der Waals surface area contributed by atoms with E-state index in [9.17, 15) is 4.79 Å². The van der Waals surface area contributed by atoms with E-state index in [0.29, 0.717) is 24.0 Å². The summed E-state index contributed by atoms with van der Waals surface area (Å²) >= 11 is 5.86. The Morgan fingerprint density at radius 1 is 1.42 bits per heavy atom. The molecule has 0 saturated heterocycles. The number of carbonyl (C=O) groups excluding carboxylic acids is 1. The van der Waals surface area contributed by atoms with E-state index in [0.717, 1.165) is 18.4 Å². The lowest BCUT2D eigenvalue weighted by Gasteiger charge is -2.25. The van der Waals surface area contributed by atoms with Gasteiger partial charge in [-0.15, -0.1) is 12.4 Å². The van der Waals surface area contributed by atoms with Crippen LogP contribution in [0.15, 0.2) is 24.3 Å². The van der Waals surface area contributed by atoms with E-state index >= 15 is 0 Å². The van der Waals surface area contributed by atoms with Gasteiger partial charge in [0.15, 0.2) is 0 Å². The summed E-state index contributed by atoms with van der Waals surface area (Å²) in [7, 11) is 0. The van der Waals surface area contributed by atoms with Gasteiger partial charge in [0.2, 0.25) is 5.91 Å². The van der Waals surface area contributed by atoms with Crippen LogP contribution in [0.2, 0.25) is 5.02 Å². The maximum atomic E-state index is 12.2. The Hall–Kier alpha value is -0.770. The Bertz CT molecular complexity index is 418. The fourth-order valence-electron chi connectivity index (χ4n) is 1.95. The molecule has 0 unspecified atom stereocenters. The van der Waals surface area contributed by atoms with Gasteiger partial charge < -0.3 is 10.6 Å². The van der Waals surface area contributed by atoms with Gasteiger partial charge in [0.25, 0.3) is 0 Å². The van der Waals surface area contributed by atoms with E-state index in [1.165, 1.54) is 0 Å². The van der Waals surface area contributed by atoms with Crippen LogP contribution >= 0.6 is 24.0 Å². The van der Waals surface area contributed by atoms with Gasteiger partial charge in [-0.3, -0.25) is 4.79 Å². The number of halogens is 2. The number of benzene rings is 1. The van der Waals surface area contributed by atoms with Gasteiger partial charge in [-0.1, -0.05) is 30.7 Å². The standard InChI is InChI=1S/C14H19ClN2O.ClH/c1-2-13(16)14(18)17(12-7-8-12)9-10-3-5-11(15)6-4-10;/h3-6,12-13H,2,7-9,16H2,1H3;1H/t13-;/m0./s1. The summed E-state index contributed by atoms with van der Waals surface area (Å²) in [5, 5.41) is 0.716. The molecule has 5 heteroatoms. The maximum Gasteiger partial charge on any atom is 0.240 e. The second-order valence-corrected chi connectivity index (χ2v) is 5.27. The lowest BCUT2D eigenvalue weighted by Crippen LogP contribution is -2.44. The summed E-state index contributed by atoms with van der Waals surface area (Å²) in [6, 6.07) is 7.63. The molecule has 1 aliphatic rings. The molecule has 0 radical (unpaired) electrons. The molecule has 0 spiro atoms. The fraction of sp³-hybridized carbons (Fsp3) is 0.500. The van der Waals surface area contributed by atoms with Gasteiger partial charge >= 0.3 is 0 Å². The summed E-state index contributed by atoms with van der Waals surface area (Å²) < 4.78 is 0. The monoisotopic (exact) mass is 302 g/mol. The molecule has 1 aromatic rings. The molecule has 0 aliphatic heterocycles. The molecule has 0 heterocycles. The molecule has 106 valence electrons. The number of carbonyl (C=O) groups is 1. The Morgan fingerprint density at radius 3 is 2.47 bits per heavy atom. The Labute approximate surface area is 125 Å². The molecule has 19 heavy (non-hydrogen) atoms. The van der Waals surface area contributed by atoms with Crippen LogP contribution in [0.3, 0.4) is 0 Å². The Morgan fingerprint density at radius 2 is 2.00 bits per heavy atom. The zero-order valence-electron chi connectivity index (χ0n) is 11.0. The first-order valence-electron chi connectivity index (χ1n) is 6.42. The number of hydrogen-bond acceptors (Lipinski definition) is 2. The highest BCUT2D eigenvalue weighted by atomic mass is 35.5. The predicted molar refractivity (Wildman–Crippen MR) is 80.5 cm³/mol. The summed E-state index contributed by atoms with van der Waals surface area (Å²) in [6.45, 7) is 2.57. The van der Waals surface area contributed by atoms with Crippen molar-refractivity contribution in [3.63, 3.8) is 0 Å². The van der Waals surface area contributed by atoms with Gasteiger partial charge in [-0.25, -0.2) is 0 Å². The normalized spacial score (nSPS) is 15.5. The van der Waals surface area contributed by atoms with Crippen molar-refractivity contribution in [2.24, 2.45) is 5.73 Å². The first-order valence-corrected chi connectivity index (χ1v) is 6.80. The first kappa shape index (κ1) is 16.3. The third kappa shape index (κ3) is 4.37. The van der Waals surface area contributed by atoms with Crippen molar-refractivity contribution in [2.45, 2.75) is 44.8 Å². The van der Waals surface area contributed by atoms with Crippen LogP contribution in [0.4, 0.5) is 0 Å². The van der Waals surface area contributed by atoms with E-state index in [2.05, 4.69) is 0 Å². The molecule has 1 atom stereocenters. The fourth-order valence-corrected chi connectivity index (χ4v) is 2.07. The van der Waals surface area contributed by atoms with Crippen LogP contribution < -0.4 is 5.73 Å². The van der Waals surface area contributed by atoms with Gasteiger partial charge in [0, 0.05) is 17.6 Å². The number of nitrogens with two attached hydrogens (primary N) is 1. The summed E-state index contributed by atoms with van der Waals surface area (Å²) in [5.74, 6) is 0.0648. The average Bonchev–Trinajstić information content (AvgIpc) is 3.20. The van der Waals surface area contributed by atoms with Gasteiger partial charge in [0.1, 0.15) is 0 Å². The number of hydrogen-bond donors (Lipinski definition) is 1. The third-order valence-electron chi connectivity index (χ3n) is 3.29. The minimum Gasteiger partial charge on any atom is -0.334 e. The molecule has 1 amide bonds. The molecule has 2 rings (SSSR count). The molecule has 3 nitrogen and oxygen atoms in total. The molecular formula is C14H20Cl2N2O. The van der Waals surface area contributed by atoms with Gasteiger partial charge in [-0.05, 0) is 37.0 Å². The second kappa shape index (κ2) is 7.13. The lowest BCUT2D eigenvalue weighted by atomic mass is 10.1. The van der Waals surface area contributed by atoms with E-state index < -0.39 is 0 Å². The van der Waals surface area contributed by atoms with Crippen LogP contribution in [-0.4, -0.2) is 22.9 Å². The van der Waals surface area contributed by atoms with Crippen molar-refractivity contribution >= 4 is 29.9 Å². The molecule has 2 N–H and O–H groups in total. The summed E-state index contributed by atoms with van der Waals surface area (Å²) in [4.78, 5) is 14.1. The van der Waals surface area contributed by atoms with Crippen LogP contribution in [-0.2, 0) is 11.3 Å². The number of rotatable bonds is 5. The molecule has 1 aliphatic carbocycles.